The van der Waals surface area contributed by atoms with Crippen molar-refractivity contribution >= 4 is 26.8 Å². The summed E-state index contributed by atoms with van der Waals surface area (Å²) in [5, 5.41) is 16.6. The van der Waals surface area contributed by atoms with E-state index in [0.717, 1.165) is 21.3 Å². The van der Waals surface area contributed by atoms with Crippen LogP contribution in [0.5, 0.6) is 0 Å². The maximum atomic E-state index is 15.1. The first kappa shape index (κ1) is 24.7. The molecule has 11 heteroatoms. The van der Waals surface area contributed by atoms with Gasteiger partial charge in [-0.1, -0.05) is 6.07 Å². The van der Waals surface area contributed by atoms with E-state index in [4.69, 9.17) is 0 Å². The monoisotopic (exact) mass is 516 g/mol. The minimum Gasteiger partial charge on any atom is -0.385 e. The Labute approximate surface area is 207 Å². The minimum absolute atomic E-state index is 0.0599. The molecule has 0 unspecified atom stereocenters. The summed E-state index contributed by atoms with van der Waals surface area (Å²) >= 11 is 0. The number of hydrogen-bond acceptors (Lipinski definition) is 6. The predicted molar refractivity (Wildman–Crippen MR) is 130 cm³/mol. The third kappa shape index (κ3) is 4.59. The molecule has 36 heavy (non-hydrogen) atoms. The molecule has 2 saturated heterocycles. The highest BCUT2D eigenvalue weighted by Crippen LogP contribution is 2.30. The summed E-state index contributed by atoms with van der Waals surface area (Å²) in [7, 11) is -4.00. The molecule has 0 saturated carbocycles. The van der Waals surface area contributed by atoms with Crippen LogP contribution < -0.4 is 10.6 Å². The zero-order valence-corrected chi connectivity index (χ0v) is 20.4. The Morgan fingerprint density at radius 1 is 1.25 bits per heavy atom. The van der Waals surface area contributed by atoms with Gasteiger partial charge in [-0.15, -0.1) is 0 Å². The minimum atomic E-state index is -4.00. The number of alkyl halides is 1. The Morgan fingerprint density at radius 3 is 2.67 bits per heavy atom. The molecule has 2 fully saturated rings. The van der Waals surface area contributed by atoms with E-state index in [1.54, 1.807) is 24.3 Å². The molecule has 2 aliphatic heterocycles. The van der Waals surface area contributed by atoms with Crippen molar-refractivity contribution in [2.75, 3.05) is 32.7 Å². The summed E-state index contributed by atoms with van der Waals surface area (Å²) in [6.07, 6.45) is -1.10. The number of hydrogen-bond donors (Lipinski definition) is 3. The first-order chi connectivity index (χ1) is 17.1. The smallest absolute Gasteiger partial charge is 0.251 e. The maximum absolute atomic E-state index is 15.1. The number of sulfonamides is 1. The molecule has 3 aromatic rings. The number of pyridine rings is 1. The standard InChI is InChI=1S/C25H26F2N4O4S/c1-15-8-22(20-5-3-18(10-21(20)27)36(34,35)31-7-6-17(26)11-31)30-23-9-16(2-4-19(15)23)24(32)29-14-25(33)12-28-13-25/h2-5,8-10,17,28,33H,6-7,11-14H2,1H3,(H,29,32)/t17-/m0/s1. The highest BCUT2D eigenvalue weighted by molar-refractivity contribution is 7.89. The lowest BCUT2D eigenvalue weighted by atomic mass is 9.97. The lowest BCUT2D eigenvalue weighted by Crippen LogP contribution is -2.64. The molecule has 8 nitrogen and oxygen atoms in total. The molecule has 190 valence electrons. The van der Waals surface area contributed by atoms with Gasteiger partial charge in [0.15, 0.2) is 0 Å². The summed E-state index contributed by atoms with van der Waals surface area (Å²) in [6.45, 7) is 2.61. The first-order valence-electron chi connectivity index (χ1n) is 11.6. The summed E-state index contributed by atoms with van der Waals surface area (Å²) in [4.78, 5) is 16.9. The molecule has 2 aliphatic rings. The third-order valence-electron chi connectivity index (χ3n) is 6.71. The molecule has 3 N–H and O–H groups in total. The quantitative estimate of drug-likeness (QED) is 0.463. The SMILES string of the molecule is Cc1cc(-c2ccc(S(=O)(=O)N3CC[C@H](F)C3)cc2F)nc2cc(C(=O)NCC3(O)CNC3)ccc12. The van der Waals surface area contributed by atoms with Crippen molar-refractivity contribution in [2.45, 2.75) is 30.0 Å². The molecule has 0 radical (unpaired) electrons. The number of fused-ring (bicyclic) bond motifs is 1. The molecule has 0 bridgehead atoms. The van der Waals surface area contributed by atoms with Gasteiger partial charge in [-0.05, 0) is 55.3 Å². The van der Waals surface area contributed by atoms with Crippen molar-refractivity contribution in [3.8, 4) is 11.3 Å². The second-order valence-electron chi connectivity index (χ2n) is 9.46. The van der Waals surface area contributed by atoms with E-state index in [9.17, 15) is 22.7 Å². The van der Waals surface area contributed by atoms with Gasteiger partial charge in [-0.3, -0.25) is 4.79 Å². The molecular formula is C25H26F2N4O4S. The zero-order chi connectivity index (χ0) is 25.7. The molecular weight excluding hydrogens is 490 g/mol. The van der Waals surface area contributed by atoms with Crippen molar-refractivity contribution < 1.29 is 27.1 Å². The fourth-order valence-corrected chi connectivity index (χ4v) is 5.98. The van der Waals surface area contributed by atoms with Crippen LogP contribution in [0, 0.1) is 12.7 Å². The number of benzene rings is 2. The number of nitrogens with one attached hydrogen (secondary N) is 2. The Balaban J connectivity index is 1.43. The van der Waals surface area contributed by atoms with Crippen molar-refractivity contribution in [3.63, 3.8) is 0 Å². The fourth-order valence-electron chi connectivity index (χ4n) is 4.49. The number of nitrogens with zero attached hydrogens (tertiary/aromatic N) is 2. The molecule has 1 atom stereocenters. The van der Waals surface area contributed by atoms with Gasteiger partial charge in [-0.25, -0.2) is 22.2 Å². The van der Waals surface area contributed by atoms with E-state index in [2.05, 4.69) is 15.6 Å². The average molecular weight is 517 g/mol. The summed E-state index contributed by atoms with van der Waals surface area (Å²) in [5.41, 5.74) is 1.08. The van der Waals surface area contributed by atoms with E-state index in [-0.39, 0.29) is 42.4 Å². The Morgan fingerprint density at radius 2 is 2.03 bits per heavy atom. The fraction of sp³-hybridized carbons (Fsp3) is 0.360. The van der Waals surface area contributed by atoms with Crippen LogP contribution in [0.4, 0.5) is 8.78 Å². The van der Waals surface area contributed by atoms with Gasteiger partial charge >= 0.3 is 0 Å². The first-order valence-corrected chi connectivity index (χ1v) is 13.1. The van der Waals surface area contributed by atoms with Crippen LogP contribution in [0.1, 0.15) is 22.3 Å². The normalized spacial score (nSPS) is 19.8. The Hall–Kier alpha value is -2.99. The number of rotatable bonds is 6. The van der Waals surface area contributed by atoms with Crippen LogP contribution in [0.2, 0.25) is 0 Å². The molecule has 2 aromatic carbocycles. The van der Waals surface area contributed by atoms with Gasteiger partial charge in [0.25, 0.3) is 5.91 Å². The number of halogens is 2. The molecule has 1 amide bonds. The summed E-state index contributed by atoms with van der Waals surface area (Å²) < 4.78 is 55.2. The van der Waals surface area contributed by atoms with Gasteiger partial charge in [0.1, 0.15) is 17.6 Å². The number of aliphatic hydroxyl groups is 1. The number of aryl methyl sites for hydroxylation is 1. The topological polar surface area (TPSA) is 112 Å². The molecule has 1 aromatic heterocycles. The second-order valence-corrected chi connectivity index (χ2v) is 11.4. The van der Waals surface area contributed by atoms with E-state index in [1.807, 2.05) is 6.92 Å². The maximum Gasteiger partial charge on any atom is 0.251 e. The van der Waals surface area contributed by atoms with Gasteiger partial charge < -0.3 is 15.7 Å². The van der Waals surface area contributed by atoms with Crippen molar-refractivity contribution in [1.29, 1.82) is 0 Å². The Kier molecular flexibility index (Phi) is 6.27. The van der Waals surface area contributed by atoms with Crippen LogP contribution in [-0.4, -0.2) is 73.2 Å². The average Bonchev–Trinajstić information content (AvgIpc) is 3.28. The summed E-state index contributed by atoms with van der Waals surface area (Å²) in [5.74, 6) is -1.13. The third-order valence-corrected chi connectivity index (χ3v) is 8.57. The lowest BCUT2D eigenvalue weighted by Gasteiger charge is -2.37. The second kappa shape index (κ2) is 9.15. The van der Waals surface area contributed by atoms with Gasteiger partial charge in [0.2, 0.25) is 10.0 Å². The molecule has 5 rings (SSSR count). The number of amides is 1. The van der Waals surface area contributed by atoms with Gasteiger partial charge in [0, 0.05) is 49.2 Å². The van der Waals surface area contributed by atoms with E-state index >= 15 is 4.39 Å². The van der Waals surface area contributed by atoms with E-state index < -0.39 is 27.6 Å². The number of aromatic nitrogens is 1. The van der Waals surface area contributed by atoms with Crippen LogP contribution in [-0.2, 0) is 10.0 Å². The number of carbonyl (C=O) groups is 1. The lowest BCUT2D eigenvalue weighted by molar-refractivity contribution is -0.00759. The number of β-amino-alcohol motifs (C(OH)–C–C–N with tert-alkyl or cyclic N) is 1. The Bertz CT molecular complexity index is 1460. The highest BCUT2D eigenvalue weighted by Gasteiger charge is 2.35. The van der Waals surface area contributed by atoms with Gasteiger partial charge in [0.05, 0.1) is 16.1 Å². The molecule has 3 heterocycles. The van der Waals surface area contributed by atoms with Crippen LogP contribution in [0.15, 0.2) is 47.4 Å². The largest absolute Gasteiger partial charge is 0.385 e. The van der Waals surface area contributed by atoms with Crippen molar-refractivity contribution in [2.24, 2.45) is 0 Å². The van der Waals surface area contributed by atoms with Crippen molar-refractivity contribution in [3.05, 3.63) is 59.4 Å². The zero-order valence-electron chi connectivity index (χ0n) is 19.6. The van der Waals surface area contributed by atoms with Crippen LogP contribution >= 0.6 is 0 Å². The van der Waals surface area contributed by atoms with Crippen LogP contribution in [0.25, 0.3) is 22.2 Å². The molecule has 0 spiro atoms. The van der Waals surface area contributed by atoms with Crippen LogP contribution in [0.3, 0.4) is 0 Å². The van der Waals surface area contributed by atoms with E-state index in [0.29, 0.717) is 29.9 Å². The predicted octanol–water partition coefficient (Wildman–Crippen LogP) is 2.15. The molecule has 0 aliphatic carbocycles. The van der Waals surface area contributed by atoms with Crippen molar-refractivity contribution in [1.82, 2.24) is 19.9 Å². The van der Waals surface area contributed by atoms with E-state index in [1.165, 1.54) is 12.1 Å². The highest BCUT2D eigenvalue weighted by atomic mass is 32.2. The van der Waals surface area contributed by atoms with Gasteiger partial charge in [-0.2, -0.15) is 4.31 Å². The summed E-state index contributed by atoms with van der Waals surface area (Å²) in [6, 6.07) is 10.3. The number of carbonyl (C=O) groups excluding carboxylic acids is 1.